The second kappa shape index (κ2) is 24.7. The average Bonchev–Trinajstić information content (AvgIpc) is 2.84. The molecule has 0 saturated carbocycles. The van der Waals surface area contributed by atoms with Crippen molar-refractivity contribution in [3.05, 3.63) is 0 Å². The number of carbonyl (C=O) groups excluding carboxylic acids is 2. The van der Waals surface area contributed by atoms with Gasteiger partial charge in [-0.15, -0.1) is 0 Å². The minimum absolute atomic E-state index is 0.131. The van der Waals surface area contributed by atoms with Gasteiger partial charge in [-0.1, -0.05) is 90.9 Å². The molecule has 0 heterocycles. The van der Waals surface area contributed by atoms with Crippen LogP contribution in [0.25, 0.3) is 0 Å². The Morgan fingerprint density at radius 2 is 0.771 bits per heavy atom. The molecule has 1 N–H and O–H groups in total. The first kappa shape index (κ1) is 34.0. The molecule has 0 radical (unpaired) electrons. The fourth-order valence-electron chi connectivity index (χ4n) is 3.50. The zero-order valence-electron chi connectivity index (χ0n) is 22.3. The number of phosphoric ester groups is 1. The van der Waals surface area contributed by atoms with Gasteiger partial charge in [0.05, 0.1) is 26.4 Å². The summed E-state index contributed by atoms with van der Waals surface area (Å²) < 4.78 is 32.1. The molecule has 208 valence electrons. The molecule has 0 aromatic rings. The highest BCUT2D eigenvalue weighted by atomic mass is 31.2. The molecule has 0 rings (SSSR count). The van der Waals surface area contributed by atoms with Crippen LogP contribution in [0.1, 0.15) is 129 Å². The van der Waals surface area contributed by atoms with Crippen molar-refractivity contribution in [1.82, 2.24) is 0 Å². The van der Waals surface area contributed by atoms with Crippen LogP contribution in [0.4, 0.5) is 0 Å². The van der Waals surface area contributed by atoms with Crippen molar-refractivity contribution in [2.75, 3.05) is 26.4 Å². The van der Waals surface area contributed by atoms with Crippen molar-refractivity contribution < 1.29 is 37.6 Å². The molecule has 0 saturated heterocycles. The third-order valence-corrected chi connectivity index (χ3v) is 6.71. The quantitative estimate of drug-likeness (QED) is 0.0718. The number of phosphoric acid groups is 1. The van der Waals surface area contributed by atoms with E-state index in [-0.39, 0.29) is 25.2 Å². The van der Waals surface area contributed by atoms with Crippen LogP contribution in [0.15, 0.2) is 0 Å². The average molecular weight is 523 g/mol. The molecule has 0 aliphatic carbocycles. The summed E-state index contributed by atoms with van der Waals surface area (Å²) in [7, 11) is -3.94. The SMILES string of the molecule is CCC(=O)OCCCCCCCCCCOP(=O)(O)OCCCCCCCCCCOC(=O)CC. The number of esters is 2. The van der Waals surface area contributed by atoms with Crippen molar-refractivity contribution in [3.8, 4) is 0 Å². The topological polar surface area (TPSA) is 108 Å². The van der Waals surface area contributed by atoms with Crippen LogP contribution >= 0.6 is 7.82 Å². The van der Waals surface area contributed by atoms with Crippen LogP contribution in [0.5, 0.6) is 0 Å². The maximum absolute atomic E-state index is 11.9. The number of ether oxygens (including phenoxy) is 2. The Balaban J connectivity index is 3.35. The number of carbonyl (C=O) groups is 2. The van der Waals surface area contributed by atoms with E-state index in [4.69, 9.17) is 18.5 Å². The van der Waals surface area contributed by atoms with Gasteiger partial charge in [0.15, 0.2) is 0 Å². The molecule has 0 aliphatic heterocycles. The third kappa shape index (κ3) is 25.9. The first-order chi connectivity index (χ1) is 16.9. The van der Waals surface area contributed by atoms with E-state index in [0.717, 1.165) is 103 Å². The molecule has 9 heteroatoms. The van der Waals surface area contributed by atoms with E-state index in [1.54, 1.807) is 13.8 Å². The Kier molecular flexibility index (Phi) is 24.1. The molecule has 0 spiro atoms. The van der Waals surface area contributed by atoms with E-state index in [0.29, 0.717) is 26.1 Å². The molecule has 0 atom stereocenters. The van der Waals surface area contributed by atoms with E-state index in [9.17, 15) is 19.0 Å². The Hall–Kier alpha value is -0.950. The molecule has 0 aliphatic rings. The van der Waals surface area contributed by atoms with Crippen molar-refractivity contribution in [2.45, 2.75) is 129 Å². The lowest BCUT2D eigenvalue weighted by molar-refractivity contribution is -0.144. The predicted octanol–water partition coefficient (Wildman–Crippen LogP) is 7.27. The maximum Gasteiger partial charge on any atom is 0.472 e. The predicted molar refractivity (Wildman–Crippen MR) is 138 cm³/mol. The summed E-state index contributed by atoms with van der Waals surface area (Å²) in [5.74, 6) is -0.262. The zero-order chi connectivity index (χ0) is 26.0. The molecule has 0 unspecified atom stereocenters. The highest BCUT2D eigenvalue weighted by Gasteiger charge is 2.19. The molecule has 0 amide bonds. The Morgan fingerprint density at radius 1 is 0.514 bits per heavy atom. The van der Waals surface area contributed by atoms with Crippen LogP contribution in [0, 0.1) is 0 Å². The second-order valence-electron chi connectivity index (χ2n) is 8.94. The second-order valence-corrected chi connectivity index (χ2v) is 10.4. The number of unbranched alkanes of at least 4 members (excludes halogenated alkanes) is 14. The van der Waals surface area contributed by atoms with E-state index in [2.05, 4.69) is 0 Å². The Morgan fingerprint density at radius 3 is 1.06 bits per heavy atom. The van der Waals surface area contributed by atoms with Crippen molar-refractivity contribution >= 4 is 19.8 Å². The van der Waals surface area contributed by atoms with Gasteiger partial charge >= 0.3 is 19.8 Å². The van der Waals surface area contributed by atoms with Crippen molar-refractivity contribution in [1.29, 1.82) is 0 Å². The van der Waals surface area contributed by atoms with Crippen LogP contribution in [0.2, 0.25) is 0 Å². The highest BCUT2D eigenvalue weighted by Crippen LogP contribution is 2.43. The first-order valence-corrected chi connectivity index (χ1v) is 15.3. The highest BCUT2D eigenvalue weighted by molar-refractivity contribution is 7.47. The van der Waals surface area contributed by atoms with Gasteiger partial charge in [0.1, 0.15) is 0 Å². The molecule has 0 bridgehead atoms. The van der Waals surface area contributed by atoms with Gasteiger partial charge in [-0.3, -0.25) is 18.6 Å². The summed E-state index contributed by atoms with van der Waals surface area (Å²) in [6, 6.07) is 0. The van der Waals surface area contributed by atoms with Gasteiger partial charge in [-0.05, 0) is 25.7 Å². The summed E-state index contributed by atoms with van der Waals surface area (Å²) in [4.78, 5) is 31.8. The summed E-state index contributed by atoms with van der Waals surface area (Å²) in [5, 5.41) is 0. The Bertz CT molecular complexity index is 511. The van der Waals surface area contributed by atoms with Gasteiger partial charge in [-0.2, -0.15) is 0 Å². The van der Waals surface area contributed by atoms with Gasteiger partial charge < -0.3 is 14.4 Å². The largest absolute Gasteiger partial charge is 0.472 e. The fraction of sp³-hybridized carbons (Fsp3) is 0.923. The fourth-order valence-corrected chi connectivity index (χ4v) is 4.30. The molecule has 0 aromatic carbocycles. The minimum atomic E-state index is -3.94. The monoisotopic (exact) mass is 522 g/mol. The lowest BCUT2D eigenvalue weighted by Crippen LogP contribution is -2.03. The molecule has 0 aromatic heterocycles. The molecule has 35 heavy (non-hydrogen) atoms. The zero-order valence-corrected chi connectivity index (χ0v) is 23.2. The normalized spacial score (nSPS) is 11.5. The summed E-state index contributed by atoms with van der Waals surface area (Å²) in [5.41, 5.74) is 0. The van der Waals surface area contributed by atoms with Crippen molar-refractivity contribution in [2.24, 2.45) is 0 Å². The maximum atomic E-state index is 11.9. The number of hydrogen-bond donors (Lipinski definition) is 1. The summed E-state index contributed by atoms with van der Waals surface area (Å²) in [6.45, 7) is 5.13. The van der Waals surface area contributed by atoms with Gasteiger partial charge in [0.2, 0.25) is 0 Å². The Labute approximate surface area is 213 Å². The van der Waals surface area contributed by atoms with Crippen LogP contribution in [-0.4, -0.2) is 43.3 Å². The van der Waals surface area contributed by atoms with E-state index < -0.39 is 7.82 Å². The van der Waals surface area contributed by atoms with Crippen LogP contribution in [0.3, 0.4) is 0 Å². The van der Waals surface area contributed by atoms with Gasteiger partial charge in [-0.25, -0.2) is 4.57 Å². The van der Waals surface area contributed by atoms with E-state index >= 15 is 0 Å². The standard InChI is InChI=1S/C26H51O8P/c1-3-25(27)31-21-17-13-9-5-7-11-15-19-23-33-35(29,30)34-24-20-16-12-8-6-10-14-18-22-32-26(28)4-2/h3-24H2,1-2H3,(H,29,30). The smallest absolute Gasteiger partial charge is 0.466 e. The molecular weight excluding hydrogens is 471 g/mol. The first-order valence-electron chi connectivity index (χ1n) is 13.8. The third-order valence-electron chi connectivity index (χ3n) is 5.69. The molecule has 8 nitrogen and oxygen atoms in total. The van der Waals surface area contributed by atoms with Gasteiger partial charge in [0, 0.05) is 12.8 Å². The number of rotatable bonds is 26. The lowest BCUT2D eigenvalue weighted by atomic mass is 10.1. The molecule has 0 fully saturated rings. The van der Waals surface area contributed by atoms with E-state index in [1.165, 1.54) is 0 Å². The summed E-state index contributed by atoms with van der Waals surface area (Å²) in [6.07, 6.45) is 17.3. The van der Waals surface area contributed by atoms with Gasteiger partial charge in [0.25, 0.3) is 0 Å². The minimum Gasteiger partial charge on any atom is -0.466 e. The lowest BCUT2D eigenvalue weighted by Gasteiger charge is -2.12. The van der Waals surface area contributed by atoms with Crippen LogP contribution < -0.4 is 0 Å². The van der Waals surface area contributed by atoms with Crippen molar-refractivity contribution in [3.63, 3.8) is 0 Å². The summed E-state index contributed by atoms with van der Waals surface area (Å²) >= 11 is 0. The molecular formula is C26H51O8P. The number of hydrogen-bond acceptors (Lipinski definition) is 7. The van der Waals surface area contributed by atoms with Crippen LogP contribution in [-0.2, 0) is 32.7 Å². The van der Waals surface area contributed by atoms with E-state index in [1.807, 2.05) is 0 Å².